The second kappa shape index (κ2) is 7.91. The van der Waals surface area contributed by atoms with E-state index in [0.717, 1.165) is 17.7 Å². The fraction of sp³-hybridized carbons (Fsp3) is 0.300. The van der Waals surface area contributed by atoms with Gasteiger partial charge in [0.1, 0.15) is 11.9 Å². The summed E-state index contributed by atoms with van der Waals surface area (Å²) in [5, 5.41) is 2.91. The van der Waals surface area contributed by atoms with E-state index in [9.17, 15) is 9.59 Å². The van der Waals surface area contributed by atoms with Crippen LogP contribution in [0, 0.1) is 0 Å². The lowest BCUT2D eigenvalue weighted by atomic mass is 10.1. The number of rotatable bonds is 5. The first kappa shape index (κ1) is 17.8. The Morgan fingerprint density at radius 2 is 1.92 bits per heavy atom. The number of urea groups is 1. The van der Waals surface area contributed by atoms with Gasteiger partial charge in [-0.15, -0.1) is 0 Å². The highest BCUT2D eigenvalue weighted by molar-refractivity contribution is 5.89. The number of hydrogen-bond donors (Lipinski definition) is 1. The van der Waals surface area contributed by atoms with E-state index >= 15 is 0 Å². The minimum Gasteiger partial charge on any atom is -0.488 e. The Morgan fingerprint density at radius 3 is 2.62 bits per heavy atom. The molecule has 6 nitrogen and oxygen atoms in total. The van der Waals surface area contributed by atoms with Crippen molar-refractivity contribution in [3.63, 3.8) is 0 Å². The van der Waals surface area contributed by atoms with E-state index in [-0.39, 0.29) is 18.1 Å². The fourth-order valence-corrected chi connectivity index (χ4v) is 2.91. The van der Waals surface area contributed by atoms with Gasteiger partial charge in [0, 0.05) is 20.0 Å². The molecule has 1 heterocycles. The molecule has 0 fully saturated rings. The molecule has 0 saturated carbocycles. The Kier molecular flexibility index (Phi) is 5.41. The van der Waals surface area contributed by atoms with Crippen molar-refractivity contribution in [3.05, 3.63) is 65.2 Å². The summed E-state index contributed by atoms with van der Waals surface area (Å²) in [6.45, 7) is 0.901. The maximum absolute atomic E-state index is 12.3. The van der Waals surface area contributed by atoms with Crippen LogP contribution in [0.2, 0.25) is 0 Å². The monoisotopic (exact) mass is 354 g/mol. The Labute approximate surface area is 152 Å². The second-order valence-corrected chi connectivity index (χ2v) is 6.28. The average Bonchev–Trinajstić information content (AvgIpc) is 3.09. The highest BCUT2D eigenvalue weighted by atomic mass is 16.5. The second-order valence-electron chi connectivity index (χ2n) is 6.28. The van der Waals surface area contributed by atoms with Crippen LogP contribution in [0.4, 0.5) is 4.79 Å². The van der Waals surface area contributed by atoms with E-state index in [1.54, 1.807) is 24.1 Å². The lowest BCUT2D eigenvalue weighted by Crippen LogP contribution is -2.41. The van der Waals surface area contributed by atoms with Crippen molar-refractivity contribution in [1.29, 1.82) is 0 Å². The summed E-state index contributed by atoms with van der Waals surface area (Å²) in [6, 6.07) is 14.8. The zero-order valence-electron chi connectivity index (χ0n) is 14.9. The lowest BCUT2D eigenvalue weighted by Gasteiger charge is -2.19. The first-order chi connectivity index (χ1) is 12.6. The predicted octanol–water partition coefficient (Wildman–Crippen LogP) is 2.62. The minimum absolute atomic E-state index is 0.0379. The largest absolute Gasteiger partial charge is 0.488 e. The lowest BCUT2D eigenvalue weighted by molar-refractivity contribution is 0.0600. The molecule has 6 heteroatoms. The van der Waals surface area contributed by atoms with E-state index in [0.29, 0.717) is 18.7 Å². The van der Waals surface area contributed by atoms with Gasteiger partial charge in [-0.25, -0.2) is 9.59 Å². The molecule has 3 rings (SSSR count). The third-order valence-corrected chi connectivity index (χ3v) is 4.34. The number of fused-ring (bicyclic) bond motifs is 1. The molecule has 2 amide bonds. The topological polar surface area (TPSA) is 67.9 Å². The molecular formula is C20H22N2O4. The number of carbonyl (C=O) groups excluding carboxylic acids is 2. The van der Waals surface area contributed by atoms with Gasteiger partial charge >= 0.3 is 12.0 Å². The molecule has 0 aliphatic carbocycles. The summed E-state index contributed by atoms with van der Waals surface area (Å²) in [4.78, 5) is 25.3. The summed E-state index contributed by atoms with van der Waals surface area (Å²) in [7, 11) is 3.08. The number of para-hydroxylation sites is 1. The van der Waals surface area contributed by atoms with Gasteiger partial charge in [-0.3, -0.25) is 0 Å². The predicted molar refractivity (Wildman–Crippen MR) is 97.2 cm³/mol. The number of carbonyl (C=O) groups is 2. The van der Waals surface area contributed by atoms with Crippen molar-refractivity contribution in [2.75, 3.05) is 20.7 Å². The van der Waals surface area contributed by atoms with Gasteiger partial charge in [-0.2, -0.15) is 0 Å². The van der Waals surface area contributed by atoms with Crippen molar-refractivity contribution >= 4 is 12.0 Å². The van der Waals surface area contributed by atoms with Crippen LogP contribution in [-0.4, -0.2) is 43.7 Å². The zero-order valence-corrected chi connectivity index (χ0v) is 14.9. The van der Waals surface area contributed by atoms with Crippen LogP contribution in [0.3, 0.4) is 0 Å². The number of nitrogens with one attached hydrogen (secondary N) is 1. The van der Waals surface area contributed by atoms with Crippen LogP contribution < -0.4 is 10.1 Å². The standard InChI is InChI=1S/C20H22N2O4/c1-22(13-14-7-9-15(10-8-14)19(23)25-2)20(24)21-12-17-11-16-5-3-4-6-18(16)26-17/h3-10,17H,11-13H2,1-2H3,(H,21,24). The van der Waals surface area contributed by atoms with E-state index in [2.05, 4.69) is 10.1 Å². The Balaban J connectivity index is 1.47. The summed E-state index contributed by atoms with van der Waals surface area (Å²) >= 11 is 0. The van der Waals surface area contributed by atoms with E-state index < -0.39 is 0 Å². The van der Waals surface area contributed by atoms with E-state index in [1.807, 2.05) is 36.4 Å². The Hall–Kier alpha value is -3.02. The van der Waals surface area contributed by atoms with Crippen molar-refractivity contribution < 1.29 is 19.1 Å². The number of nitrogens with zero attached hydrogens (tertiary/aromatic N) is 1. The summed E-state index contributed by atoms with van der Waals surface area (Å²) in [6.07, 6.45) is 0.763. The maximum Gasteiger partial charge on any atom is 0.337 e. The molecule has 1 aliphatic rings. The Morgan fingerprint density at radius 1 is 1.19 bits per heavy atom. The molecule has 136 valence electrons. The molecule has 1 N–H and O–H groups in total. The quantitative estimate of drug-likeness (QED) is 0.838. The van der Waals surface area contributed by atoms with E-state index in [1.165, 1.54) is 12.7 Å². The molecule has 0 saturated heterocycles. The maximum atomic E-state index is 12.3. The third kappa shape index (κ3) is 4.14. The van der Waals surface area contributed by atoms with Gasteiger partial charge in [0.05, 0.1) is 19.2 Å². The van der Waals surface area contributed by atoms with Gasteiger partial charge in [-0.1, -0.05) is 30.3 Å². The summed E-state index contributed by atoms with van der Waals surface area (Å²) in [5.41, 5.74) is 2.59. The number of benzene rings is 2. The van der Waals surface area contributed by atoms with Gasteiger partial charge in [0.15, 0.2) is 0 Å². The van der Waals surface area contributed by atoms with Crippen LogP contribution >= 0.6 is 0 Å². The summed E-state index contributed by atoms with van der Waals surface area (Å²) in [5.74, 6) is 0.519. The van der Waals surface area contributed by atoms with E-state index in [4.69, 9.17) is 4.74 Å². The summed E-state index contributed by atoms with van der Waals surface area (Å²) < 4.78 is 10.5. The van der Waals surface area contributed by atoms with Crippen LogP contribution in [-0.2, 0) is 17.7 Å². The molecular weight excluding hydrogens is 332 g/mol. The molecule has 1 unspecified atom stereocenters. The van der Waals surface area contributed by atoms with Gasteiger partial charge in [0.2, 0.25) is 0 Å². The number of methoxy groups -OCH3 is 1. The molecule has 2 aromatic rings. The molecule has 26 heavy (non-hydrogen) atoms. The molecule has 0 bridgehead atoms. The zero-order chi connectivity index (χ0) is 18.5. The molecule has 0 radical (unpaired) electrons. The number of esters is 1. The molecule has 0 spiro atoms. The molecule has 2 aromatic carbocycles. The fourth-order valence-electron chi connectivity index (χ4n) is 2.91. The third-order valence-electron chi connectivity index (χ3n) is 4.34. The van der Waals surface area contributed by atoms with Crippen LogP contribution in [0.5, 0.6) is 5.75 Å². The van der Waals surface area contributed by atoms with Crippen molar-refractivity contribution in [1.82, 2.24) is 10.2 Å². The van der Waals surface area contributed by atoms with Crippen LogP contribution in [0.25, 0.3) is 0 Å². The Bertz CT molecular complexity index is 764. The van der Waals surface area contributed by atoms with Gasteiger partial charge in [0.25, 0.3) is 0 Å². The molecule has 1 aliphatic heterocycles. The normalized spacial score (nSPS) is 14.9. The highest BCUT2D eigenvalue weighted by Gasteiger charge is 2.23. The minimum atomic E-state index is -0.375. The number of ether oxygens (including phenoxy) is 2. The van der Waals surface area contributed by atoms with Crippen molar-refractivity contribution in [3.8, 4) is 5.75 Å². The SMILES string of the molecule is COC(=O)c1ccc(CN(C)C(=O)NCC2Cc3ccccc3O2)cc1. The smallest absolute Gasteiger partial charge is 0.337 e. The number of hydrogen-bond acceptors (Lipinski definition) is 4. The molecule has 1 atom stereocenters. The van der Waals surface area contributed by atoms with Gasteiger partial charge < -0.3 is 19.7 Å². The van der Waals surface area contributed by atoms with Crippen molar-refractivity contribution in [2.24, 2.45) is 0 Å². The molecule has 0 aromatic heterocycles. The first-order valence-electron chi connectivity index (χ1n) is 8.47. The van der Waals surface area contributed by atoms with Crippen molar-refractivity contribution in [2.45, 2.75) is 19.1 Å². The van der Waals surface area contributed by atoms with Crippen LogP contribution in [0.1, 0.15) is 21.5 Å². The van der Waals surface area contributed by atoms with Gasteiger partial charge in [-0.05, 0) is 29.3 Å². The highest BCUT2D eigenvalue weighted by Crippen LogP contribution is 2.27. The first-order valence-corrected chi connectivity index (χ1v) is 8.47. The average molecular weight is 354 g/mol. The number of amides is 2. The van der Waals surface area contributed by atoms with Crippen LogP contribution in [0.15, 0.2) is 48.5 Å².